The van der Waals surface area contributed by atoms with Crippen molar-refractivity contribution in [2.75, 3.05) is 6.54 Å². The van der Waals surface area contributed by atoms with Crippen molar-refractivity contribution in [2.45, 2.75) is 25.9 Å². The molecule has 0 fully saturated rings. The molecule has 21 heavy (non-hydrogen) atoms. The van der Waals surface area contributed by atoms with Gasteiger partial charge in [-0.1, -0.05) is 19.1 Å². The lowest BCUT2D eigenvalue weighted by molar-refractivity contribution is 0.0526. The maximum absolute atomic E-state index is 12.1. The highest BCUT2D eigenvalue weighted by Gasteiger charge is 2.25. The lowest BCUT2D eigenvalue weighted by atomic mass is 9.99. The highest BCUT2D eigenvalue weighted by atomic mass is 16.3. The minimum absolute atomic E-state index is 0.132. The fourth-order valence-corrected chi connectivity index (χ4v) is 2.05. The Morgan fingerprint density at radius 1 is 1.38 bits per heavy atom. The van der Waals surface area contributed by atoms with E-state index in [2.05, 4.69) is 17.3 Å². The van der Waals surface area contributed by atoms with Crippen molar-refractivity contribution >= 4 is 5.91 Å². The van der Waals surface area contributed by atoms with E-state index in [0.717, 1.165) is 6.42 Å². The van der Waals surface area contributed by atoms with E-state index in [1.54, 1.807) is 43.2 Å². The molecule has 0 aliphatic rings. The van der Waals surface area contributed by atoms with Gasteiger partial charge in [0.25, 0.3) is 5.91 Å². The molecule has 5 nitrogen and oxygen atoms in total. The highest BCUT2D eigenvalue weighted by molar-refractivity contribution is 5.94. The molecular weight excluding hydrogens is 266 g/mol. The molecule has 1 aromatic carbocycles. The van der Waals surface area contributed by atoms with Gasteiger partial charge < -0.3 is 10.4 Å². The number of nitrogens with zero attached hydrogens (tertiary/aromatic N) is 2. The van der Waals surface area contributed by atoms with Crippen LogP contribution >= 0.6 is 0 Å². The van der Waals surface area contributed by atoms with E-state index in [-0.39, 0.29) is 12.5 Å². The minimum atomic E-state index is -1.15. The summed E-state index contributed by atoms with van der Waals surface area (Å²) in [5.41, 5.74) is 1.31. The Kier molecular flexibility index (Phi) is 4.43. The van der Waals surface area contributed by atoms with Crippen LogP contribution < -0.4 is 5.32 Å². The van der Waals surface area contributed by atoms with Crippen molar-refractivity contribution in [3.63, 3.8) is 0 Å². The van der Waals surface area contributed by atoms with E-state index in [1.165, 1.54) is 5.56 Å². The average molecular weight is 287 g/mol. The predicted octanol–water partition coefficient (Wildman–Crippen LogP) is 1.62. The van der Waals surface area contributed by atoms with E-state index < -0.39 is 5.60 Å². The van der Waals surface area contributed by atoms with Crippen LogP contribution in [0.25, 0.3) is 0 Å². The fraction of sp³-hybridized carbons (Fsp3) is 0.375. The zero-order valence-electron chi connectivity index (χ0n) is 12.6. The quantitative estimate of drug-likeness (QED) is 0.878. The van der Waals surface area contributed by atoms with E-state index in [1.807, 2.05) is 12.1 Å². The van der Waals surface area contributed by atoms with Crippen molar-refractivity contribution in [2.24, 2.45) is 7.05 Å². The predicted molar refractivity (Wildman–Crippen MR) is 80.9 cm³/mol. The molecule has 0 radical (unpaired) electrons. The highest BCUT2D eigenvalue weighted by Crippen LogP contribution is 2.18. The van der Waals surface area contributed by atoms with Gasteiger partial charge >= 0.3 is 0 Å². The molecule has 0 saturated heterocycles. The molecule has 0 saturated carbocycles. The summed E-state index contributed by atoms with van der Waals surface area (Å²) in [5, 5.41) is 17.2. The van der Waals surface area contributed by atoms with Gasteiger partial charge in [0.1, 0.15) is 5.60 Å². The zero-order valence-corrected chi connectivity index (χ0v) is 12.6. The number of hydrogen-bond acceptors (Lipinski definition) is 3. The number of benzene rings is 1. The van der Waals surface area contributed by atoms with E-state index in [9.17, 15) is 9.90 Å². The Balaban J connectivity index is 1.99. The number of nitrogens with one attached hydrogen (secondary N) is 1. The molecule has 1 aromatic heterocycles. The summed E-state index contributed by atoms with van der Waals surface area (Å²) in [6.07, 6.45) is 4.28. The third kappa shape index (κ3) is 3.70. The fourth-order valence-electron chi connectivity index (χ4n) is 2.05. The molecule has 1 unspecified atom stereocenters. The monoisotopic (exact) mass is 287 g/mol. The summed E-state index contributed by atoms with van der Waals surface area (Å²) in [4.78, 5) is 12.1. The molecule has 0 bridgehead atoms. The number of hydrogen-bond donors (Lipinski definition) is 2. The first-order chi connectivity index (χ1) is 9.92. The Labute approximate surface area is 124 Å². The third-order valence-electron chi connectivity index (χ3n) is 3.54. The van der Waals surface area contributed by atoms with Crippen LogP contribution in [0.5, 0.6) is 0 Å². The van der Waals surface area contributed by atoms with E-state index >= 15 is 0 Å². The molecule has 0 aliphatic heterocycles. The lowest BCUT2D eigenvalue weighted by Gasteiger charge is -2.22. The van der Waals surface area contributed by atoms with Gasteiger partial charge in [-0.25, -0.2) is 0 Å². The average Bonchev–Trinajstić information content (AvgIpc) is 2.92. The first-order valence-electron chi connectivity index (χ1n) is 7.01. The van der Waals surface area contributed by atoms with Gasteiger partial charge in [0.05, 0.1) is 12.7 Å². The molecule has 1 atom stereocenters. The van der Waals surface area contributed by atoms with Gasteiger partial charge in [-0.15, -0.1) is 0 Å². The standard InChI is InChI=1S/C16H21N3O2/c1-4-12-5-7-13(8-6-12)15(20)17-11-16(2,21)14-9-18-19(3)10-14/h5-10,21H,4,11H2,1-3H3,(H,17,20). The summed E-state index contributed by atoms with van der Waals surface area (Å²) < 4.78 is 1.62. The third-order valence-corrected chi connectivity index (χ3v) is 3.54. The number of carbonyl (C=O) groups excluding carboxylic acids is 1. The molecule has 2 N–H and O–H groups in total. The lowest BCUT2D eigenvalue weighted by Crippen LogP contribution is -2.38. The van der Waals surface area contributed by atoms with Crippen molar-refractivity contribution in [1.82, 2.24) is 15.1 Å². The SMILES string of the molecule is CCc1ccc(C(=O)NCC(C)(O)c2cnn(C)c2)cc1. The van der Waals surface area contributed by atoms with Crippen LogP contribution in [0.2, 0.25) is 0 Å². The molecule has 0 spiro atoms. The van der Waals surface area contributed by atoms with Gasteiger partial charge in [-0.2, -0.15) is 5.10 Å². The Morgan fingerprint density at radius 3 is 2.57 bits per heavy atom. The Hall–Kier alpha value is -2.14. The Bertz CT molecular complexity index is 615. The molecule has 2 rings (SSSR count). The number of aryl methyl sites for hydroxylation is 2. The normalized spacial score (nSPS) is 13.7. The zero-order chi connectivity index (χ0) is 15.5. The first kappa shape index (κ1) is 15.3. The van der Waals surface area contributed by atoms with Crippen LogP contribution in [0, 0.1) is 0 Å². The van der Waals surface area contributed by atoms with Crippen LogP contribution in [0.1, 0.15) is 35.3 Å². The number of rotatable bonds is 5. The van der Waals surface area contributed by atoms with Crippen LogP contribution in [-0.4, -0.2) is 27.3 Å². The van der Waals surface area contributed by atoms with Gasteiger partial charge in [0.15, 0.2) is 0 Å². The van der Waals surface area contributed by atoms with E-state index in [0.29, 0.717) is 11.1 Å². The number of amides is 1. The summed E-state index contributed by atoms with van der Waals surface area (Å²) in [6, 6.07) is 7.47. The Morgan fingerprint density at radius 2 is 2.05 bits per heavy atom. The van der Waals surface area contributed by atoms with Gasteiger partial charge in [-0.05, 0) is 31.0 Å². The molecule has 2 aromatic rings. The van der Waals surface area contributed by atoms with Crippen molar-refractivity contribution in [1.29, 1.82) is 0 Å². The summed E-state index contributed by atoms with van der Waals surface area (Å²) >= 11 is 0. The van der Waals surface area contributed by atoms with Crippen LogP contribution in [-0.2, 0) is 19.1 Å². The summed E-state index contributed by atoms with van der Waals surface area (Å²) in [6.45, 7) is 3.86. The van der Waals surface area contributed by atoms with Gasteiger partial charge in [-0.3, -0.25) is 9.48 Å². The second-order valence-electron chi connectivity index (χ2n) is 5.41. The number of aliphatic hydroxyl groups is 1. The van der Waals surface area contributed by atoms with Crippen LogP contribution in [0.3, 0.4) is 0 Å². The smallest absolute Gasteiger partial charge is 0.251 e. The molecule has 112 valence electrons. The topological polar surface area (TPSA) is 67.2 Å². The van der Waals surface area contributed by atoms with Crippen molar-refractivity contribution in [3.05, 3.63) is 53.3 Å². The summed E-state index contributed by atoms with van der Waals surface area (Å²) in [7, 11) is 1.79. The molecule has 1 heterocycles. The molecule has 1 amide bonds. The second-order valence-corrected chi connectivity index (χ2v) is 5.41. The summed E-state index contributed by atoms with van der Waals surface area (Å²) in [5.74, 6) is -0.193. The maximum Gasteiger partial charge on any atom is 0.251 e. The van der Waals surface area contributed by atoms with Gasteiger partial charge in [0.2, 0.25) is 0 Å². The largest absolute Gasteiger partial charge is 0.383 e. The number of aromatic nitrogens is 2. The second kappa shape index (κ2) is 6.10. The minimum Gasteiger partial charge on any atom is -0.383 e. The van der Waals surface area contributed by atoms with Crippen molar-refractivity contribution in [3.8, 4) is 0 Å². The van der Waals surface area contributed by atoms with Crippen molar-refractivity contribution < 1.29 is 9.90 Å². The van der Waals surface area contributed by atoms with Crippen LogP contribution in [0.15, 0.2) is 36.7 Å². The van der Waals surface area contributed by atoms with E-state index in [4.69, 9.17) is 0 Å². The first-order valence-corrected chi connectivity index (χ1v) is 7.01. The molecule has 0 aliphatic carbocycles. The number of carbonyl (C=O) groups is 1. The van der Waals surface area contributed by atoms with Crippen LogP contribution in [0.4, 0.5) is 0 Å². The molecular formula is C16H21N3O2. The van der Waals surface area contributed by atoms with Gasteiger partial charge in [0, 0.05) is 24.4 Å². The molecule has 5 heteroatoms. The maximum atomic E-state index is 12.1.